The molecule has 0 aromatic heterocycles. The molecule has 1 fully saturated rings. The number of ketones is 1. The van der Waals surface area contributed by atoms with E-state index in [1.807, 2.05) is 60.7 Å². The van der Waals surface area contributed by atoms with Gasteiger partial charge in [-0.05, 0) is 44.5 Å². The molecule has 0 radical (unpaired) electrons. The molecule has 2 aromatic carbocycles. The highest BCUT2D eigenvalue weighted by Crippen LogP contribution is 2.22. The highest BCUT2D eigenvalue weighted by molar-refractivity contribution is 5.97. The number of hydrogen-bond donors (Lipinski definition) is 0. The summed E-state index contributed by atoms with van der Waals surface area (Å²) < 4.78 is 5.73. The number of carbonyl (C=O) groups excluding carboxylic acids is 1. The molecule has 24 heavy (non-hydrogen) atoms. The van der Waals surface area contributed by atoms with E-state index in [9.17, 15) is 4.79 Å². The van der Waals surface area contributed by atoms with Gasteiger partial charge in [0.25, 0.3) is 0 Å². The maximum Gasteiger partial charge on any atom is 0.166 e. The number of hydrogen-bond acceptors (Lipinski definition) is 3. The molecule has 3 rings (SSSR count). The van der Waals surface area contributed by atoms with Crippen LogP contribution in [0.2, 0.25) is 0 Å². The van der Waals surface area contributed by atoms with E-state index in [1.165, 1.54) is 0 Å². The second-order valence-corrected chi connectivity index (χ2v) is 6.36. The predicted octanol–water partition coefficient (Wildman–Crippen LogP) is 4.05. The van der Waals surface area contributed by atoms with Gasteiger partial charge in [0.15, 0.2) is 5.78 Å². The first-order valence-electron chi connectivity index (χ1n) is 8.82. The normalized spacial score (nSPS) is 16.0. The van der Waals surface area contributed by atoms with Gasteiger partial charge in [-0.25, -0.2) is 0 Å². The van der Waals surface area contributed by atoms with Crippen LogP contribution in [0, 0.1) is 5.92 Å². The summed E-state index contributed by atoms with van der Waals surface area (Å²) in [5, 5.41) is 0. The number of benzene rings is 2. The monoisotopic (exact) mass is 323 g/mol. The lowest BCUT2D eigenvalue weighted by Crippen LogP contribution is -2.37. The van der Waals surface area contributed by atoms with Crippen molar-refractivity contribution in [1.29, 1.82) is 0 Å². The summed E-state index contributed by atoms with van der Waals surface area (Å²) in [6, 6.07) is 19.6. The number of Topliss-reactive ketones (excluding diaryl/α,β-unsaturated/α-hetero) is 1. The van der Waals surface area contributed by atoms with Crippen molar-refractivity contribution < 1.29 is 9.53 Å². The third kappa shape index (κ3) is 4.68. The van der Waals surface area contributed by atoms with Gasteiger partial charge in [-0.15, -0.1) is 0 Å². The van der Waals surface area contributed by atoms with E-state index in [2.05, 4.69) is 4.90 Å². The van der Waals surface area contributed by atoms with E-state index in [4.69, 9.17) is 4.74 Å². The van der Waals surface area contributed by atoms with Crippen LogP contribution in [0.4, 0.5) is 0 Å². The molecule has 3 nitrogen and oxygen atoms in total. The van der Waals surface area contributed by atoms with Crippen molar-refractivity contribution >= 4 is 5.78 Å². The number of rotatable bonds is 7. The van der Waals surface area contributed by atoms with Gasteiger partial charge in [-0.3, -0.25) is 4.79 Å². The zero-order valence-corrected chi connectivity index (χ0v) is 14.1. The van der Waals surface area contributed by atoms with Gasteiger partial charge in [-0.1, -0.05) is 48.5 Å². The molecule has 0 bridgehead atoms. The molecule has 0 spiro atoms. The Kier molecular flexibility index (Phi) is 6.02. The summed E-state index contributed by atoms with van der Waals surface area (Å²) in [4.78, 5) is 14.9. The summed E-state index contributed by atoms with van der Waals surface area (Å²) in [5.41, 5.74) is 0.854. The minimum absolute atomic E-state index is 0.184. The lowest BCUT2D eigenvalue weighted by Gasteiger charge is -2.31. The van der Waals surface area contributed by atoms with Crippen LogP contribution in [0.25, 0.3) is 0 Å². The third-order valence-electron chi connectivity index (χ3n) is 4.65. The van der Waals surface area contributed by atoms with Gasteiger partial charge < -0.3 is 9.64 Å². The van der Waals surface area contributed by atoms with Gasteiger partial charge in [0.05, 0.1) is 6.61 Å². The molecule has 3 heteroatoms. The maximum atomic E-state index is 12.5. The molecule has 0 unspecified atom stereocenters. The van der Waals surface area contributed by atoms with Gasteiger partial charge >= 0.3 is 0 Å². The quantitative estimate of drug-likeness (QED) is 0.569. The number of piperidine rings is 1. The molecular formula is C21H25NO2. The standard InChI is InChI=1S/C21H25NO2/c23-21(18-8-3-1-4-9-18)19-12-15-22(16-13-19)14-7-17-24-20-10-5-2-6-11-20/h1-6,8-11,19H,7,12-17H2. The van der Waals surface area contributed by atoms with Crippen LogP contribution in [0.3, 0.4) is 0 Å². The Hall–Kier alpha value is -2.13. The van der Waals surface area contributed by atoms with Gasteiger partial charge in [0.2, 0.25) is 0 Å². The van der Waals surface area contributed by atoms with Gasteiger partial charge in [0, 0.05) is 18.0 Å². The first-order chi connectivity index (χ1) is 11.8. The van der Waals surface area contributed by atoms with Crippen LogP contribution < -0.4 is 4.74 Å². The number of carbonyl (C=O) groups is 1. The number of nitrogens with zero attached hydrogens (tertiary/aromatic N) is 1. The summed E-state index contributed by atoms with van der Waals surface area (Å²) in [6.07, 6.45) is 2.95. The Morgan fingerprint density at radius 1 is 0.958 bits per heavy atom. The molecule has 1 saturated heterocycles. The van der Waals surface area contributed by atoms with Crippen LogP contribution in [-0.2, 0) is 0 Å². The molecular weight excluding hydrogens is 298 g/mol. The highest BCUT2D eigenvalue weighted by atomic mass is 16.5. The minimum Gasteiger partial charge on any atom is -0.494 e. The Balaban J connectivity index is 1.36. The largest absolute Gasteiger partial charge is 0.494 e. The first-order valence-corrected chi connectivity index (χ1v) is 8.82. The molecule has 126 valence electrons. The van der Waals surface area contributed by atoms with Crippen LogP contribution in [0.5, 0.6) is 5.75 Å². The molecule has 0 amide bonds. The van der Waals surface area contributed by atoms with E-state index < -0.39 is 0 Å². The summed E-state index contributed by atoms with van der Waals surface area (Å²) in [6.45, 7) is 3.80. The summed E-state index contributed by atoms with van der Waals surface area (Å²) in [7, 11) is 0. The van der Waals surface area contributed by atoms with Crippen LogP contribution in [-0.4, -0.2) is 36.9 Å². The predicted molar refractivity (Wildman–Crippen MR) is 96.5 cm³/mol. The lowest BCUT2D eigenvalue weighted by atomic mass is 9.89. The topological polar surface area (TPSA) is 29.5 Å². The Labute approximate surface area is 144 Å². The molecule has 1 heterocycles. The van der Waals surface area contributed by atoms with Crippen molar-refractivity contribution in [3.05, 3.63) is 66.2 Å². The van der Waals surface area contributed by atoms with E-state index in [0.717, 1.165) is 56.8 Å². The van der Waals surface area contributed by atoms with Crippen molar-refractivity contribution in [2.24, 2.45) is 5.92 Å². The summed E-state index contributed by atoms with van der Waals surface area (Å²) >= 11 is 0. The second-order valence-electron chi connectivity index (χ2n) is 6.36. The van der Waals surface area contributed by atoms with Crippen molar-refractivity contribution in [3.63, 3.8) is 0 Å². The number of ether oxygens (including phenoxy) is 1. The minimum atomic E-state index is 0.184. The first kappa shape index (κ1) is 16.7. The molecule has 0 aliphatic carbocycles. The Bertz CT molecular complexity index is 619. The van der Waals surface area contributed by atoms with Crippen molar-refractivity contribution in [1.82, 2.24) is 4.90 Å². The van der Waals surface area contributed by atoms with Crippen molar-refractivity contribution in [2.75, 3.05) is 26.2 Å². The fourth-order valence-corrected chi connectivity index (χ4v) is 3.25. The fourth-order valence-electron chi connectivity index (χ4n) is 3.25. The SMILES string of the molecule is O=C(c1ccccc1)C1CCN(CCCOc2ccccc2)CC1. The lowest BCUT2D eigenvalue weighted by molar-refractivity contribution is 0.0835. The Morgan fingerprint density at radius 2 is 1.58 bits per heavy atom. The van der Waals surface area contributed by atoms with Gasteiger partial charge in [-0.2, -0.15) is 0 Å². The fraction of sp³-hybridized carbons (Fsp3) is 0.381. The van der Waals surface area contributed by atoms with Crippen LogP contribution in [0.15, 0.2) is 60.7 Å². The van der Waals surface area contributed by atoms with E-state index >= 15 is 0 Å². The smallest absolute Gasteiger partial charge is 0.166 e. The van der Waals surface area contributed by atoms with Crippen LogP contribution >= 0.6 is 0 Å². The van der Waals surface area contributed by atoms with Crippen molar-refractivity contribution in [3.8, 4) is 5.75 Å². The highest BCUT2D eigenvalue weighted by Gasteiger charge is 2.25. The molecule has 2 aromatic rings. The molecule has 0 N–H and O–H groups in total. The van der Waals surface area contributed by atoms with Crippen LogP contribution in [0.1, 0.15) is 29.6 Å². The second kappa shape index (κ2) is 8.65. The third-order valence-corrected chi connectivity index (χ3v) is 4.65. The molecule has 1 aliphatic heterocycles. The van der Waals surface area contributed by atoms with E-state index in [0.29, 0.717) is 5.78 Å². The zero-order chi connectivity index (χ0) is 16.6. The molecule has 0 atom stereocenters. The molecule has 1 aliphatic rings. The Morgan fingerprint density at radius 3 is 2.25 bits per heavy atom. The number of para-hydroxylation sites is 1. The average molecular weight is 323 g/mol. The molecule has 0 saturated carbocycles. The summed E-state index contributed by atoms with van der Waals surface area (Å²) in [5.74, 6) is 1.43. The van der Waals surface area contributed by atoms with E-state index in [-0.39, 0.29) is 5.92 Å². The maximum absolute atomic E-state index is 12.5. The zero-order valence-electron chi connectivity index (χ0n) is 14.1. The average Bonchev–Trinajstić information content (AvgIpc) is 2.67. The van der Waals surface area contributed by atoms with Gasteiger partial charge in [0.1, 0.15) is 5.75 Å². The number of likely N-dealkylation sites (tertiary alicyclic amines) is 1. The van der Waals surface area contributed by atoms with Crippen molar-refractivity contribution in [2.45, 2.75) is 19.3 Å². The van der Waals surface area contributed by atoms with E-state index in [1.54, 1.807) is 0 Å².